The fraction of sp³-hybridized carbons (Fsp3) is 0.231. The standard InChI is InChI=1S/C13H14N2O4/c1-8-11(7-12(16)17)13(18)14-15(8)9-4-3-5-10(6-9)19-2/h3-6H,7H2,1-2H3,(H,14,18)(H,16,17). The third kappa shape index (κ3) is 2.52. The highest BCUT2D eigenvalue weighted by Crippen LogP contribution is 2.17. The molecule has 100 valence electrons. The number of carboxylic acids is 1. The van der Waals surface area contributed by atoms with Gasteiger partial charge in [-0.1, -0.05) is 6.07 Å². The molecule has 2 aromatic rings. The summed E-state index contributed by atoms with van der Waals surface area (Å²) in [6.07, 6.45) is -0.294. The van der Waals surface area contributed by atoms with Crippen LogP contribution in [0.25, 0.3) is 5.69 Å². The van der Waals surface area contributed by atoms with Crippen molar-refractivity contribution in [2.24, 2.45) is 0 Å². The summed E-state index contributed by atoms with van der Waals surface area (Å²) in [5.41, 5.74) is 1.17. The maximum absolute atomic E-state index is 11.8. The Morgan fingerprint density at radius 2 is 2.21 bits per heavy atom. The van der Waals surface area contributed by atoms with Crippen LogP contribution in [0.15, 0.2) is 29.1 Å². The molecule has 1 aromatic heterocycles. The number of nitrogens with zero attached hydrogens (tertiary/aromatic N) is 1. The van der Waals surface area contributed by atoms with E-state index in [4.69, 9.17) is 9.84 Å². The van der Waals surface area contributed by atoms with Gasteiger partial charge in [-0.2, -0.15) is 0 Å². The van der Waals surface area contributed by atoms with Crippen molar-refractivity contribution in [2.75, 3.05) is 7.11 Å². The number of aromatic nitrogens is 2. The number of hydrogen-bond donors (Lipinski definition) is 2. The van der Waals surface area contributed by atoms with Crippen molar-refractivity contribution in [3.63, 3.8) is 0 Å². The Morgan fingerprint density at radius 3 is 2.84 bits per heavy atom. The number of ether oxygens (including phenoxy) is 1. The molecule has 0 saturated heterocycles. The molecule has 0 atom stereocenters. The first-order chi connectivity index (χ1) is 9.02. The molecule has 1 aromatic carbocycles. The van der Waals surface area contributed by atoms with Gasteiger partial charge in [0.25, 0.3) is 5.56 Å². The van der Waals surface area contributed by atoms with E-state index in [9.17, 15) is 9.59 Å². The van der Waals surface area contributed by atoms with E-state index in [1.165, 1.54) is 0 Å². The van der Waals surface area contributed by atoms with Gasteiger partial charge in [0.15, 0.2) is 0 Å². The van der Waals surface area contributed by atoms with Crippen LogP contribution in [-0.2, 0) is 11.2 Å². The number of carboxylic acid groups (broad SMARTS) is 1. The molecule has 1 heterocycles. The topological polar surface area (TPSA) is 84.3 Å². The summed E-state index contributed by atoms with van der Waals surface area (Å²) in [5, 5.41) is 11.4. The summed E-state index contributed by atoms with van der Waals surface area (Å²) in [5.74, 6) is -0.372. The quantitative estimate of drug-likeness (QED) is 0.864. The van der Waals surface area contributed by atoms with E-state index in [1.807, 2.05) is 0 Å². The molecule has 0 aliphatic carbocycles. The fourth-order valence-corrected chi connectivity index (χ4v) is 1.92. The molecule has 2 N–H and O–H groups in total. The van der Waals surface area contributed by atoms with E-state index in [2.05, 4.69) is 5.10 Å². The van der Waals surface area contributed by atoms with Crippen LogP contribution in [-0.4, -0.2) is 28.0 Å². The zero-order valence-electron chi connectivity index (χ0n) is 10.6. The lowest BCUT2D eigenvalue weighted by molar-refractivity contribution is -0.136. The molecule has 0 radical (unpaired) electrons. The van der Waals surface area contributed by atoms with E-state index >= 15 is 0 Å². The minimum Gasteiger partial charge on any atom is -0.497 e. The number of aromatic amines is 1. The summed E-state index contributed by atoms with van der Waals surface area (Å²) in [4.78, 5) is 22.5. The Bertz CT molecular complexity index is 670. The third-order valence-corrected chi connectivity index (χ3v) is 2.90. The Kier molecular flexibility index (Phi) is 3.41. The number of H-pyrrole nitrogens is 1. The Balaban J connectivity index is 2.51. The molecule has 6 heteroatoms. The molecule has 0 aliphatic heterocycles. The first-order valence-corrected chi connectivity index (χ1v) is 5.69. The van der Waals surface area contributed by atoms with Gasteiger partial charge in [0.1, 0.15) is 5.75 Å². The van der Waals surface area contributed by atoms with Gasteiger partial charge >= 0.3 is 5.97 Å². The maximum atomic E-state index is 11.8. The average Bonchev–Trinajstić information content (AvgIpc) is 2.66. The minimum absolute atomic E-state index is 0.260. The number of hydrogen-bond acceptors (Lipinski definition) is 3. The normalized spacial score (nSPS) is 10.4. The van der Waals surface area contributed by atoms with Crippen LogP contribution in [0, 0.1) is 6.92 Å². The highest BCUT2D eigenvalue weighted by molar-refractivity contribution is 5.70. The van der Waals surface area contributed by atoms with Crippen molar-refractivity contribution in [3.05, 3.63) is 45.9 Å². The van der Waals surface area contributed by atoms with E-state index in [1.54, 1.807) is 43.0 Å². The lowest BCUT2D eigenvalue weighted by Gasteiger charge is -2.07. The number of aliphatic carboxylic acids is 1. The van der Waals surface area contributed by atoms with Crippen molar-refractivity contribution in [1.29, 1.82) is 0 Å². The summed E-state index contributed by atoms with van der Waals surface area (Å²) in [6, 6.07) is 7.14. The van der Waals surface area contributed by atoms with Crippen LogP contribution < -0.4 is 10.3 Å². The van der Waals surface area contributed by atoms with Crippen LogP contribution in [0.4, 0.5) is 0 Å². The lowest BCUT2D eigenvalue weighted by Crippen LogP contribution is -2.11. The molecule has 19 heavy (non-hydrogen) atoms. The van der Waals surface area contributed by atoms with Gasteiger partial charge in [-0.15, -0.1) is 0 Å². The monoisotopic (exact) mass is 262 g/mol. The van der Waals surface area contributed by atoms with Crippen molar-refractivity contribution in [3.8, 4) is 11.4 Å². The SMILES string of the molecule is COc1cccc(-n2[nH]c(=O)c(CC(=O)O)c2C)c1. The Morgan fingerprint density at radius 1 is 1.47 bits per heavy atom. The average molecular weight is 262 g/mol. The molecule has 0 unspecified atom stereocenters. The smallest absolute Gasteiger partial charge is 0.308 e. The molecule has 0 aliphatic rings. The lowest BCUT2D eigenvalue weighted by atomic mass is 10.2. The van der Waals surface area contributed by atoms with E-state index in [0.717, 1.165) is 0 Å². The van der Waals surface area contributed by atoms with Crippen molar-refractivity contribution in [1.82, 2.24) is 9.78 Å². The first kappa shape index (κ1) is 12.9. The highest BCUT2D eigenvalue weighted by atomic mass is 16.5. The molecule has 0 fully saturated rings. The molecule has 0 bridgehead atoms. The first-order valence-electron chi connectivity index (χ1n) is 5.69. The number of carbonyl (C=O) groups is 1. The summed E-state index contributed by atoms with van der Waals surface area (Å²) in [7, 11) is 1.56. The predicted molar refractivity (Wildman–Crippen MR) is 69.0 cm³/mol. The van der Waals surface area contributed by atoms with Crippen LogP contribution in [0.1, 0.15) is 11.3 Å². The van der Waals surface area contributed by atoms with Crippen LogP contribution >= 0.6 is 0 Å². The Hall–Kier alpha value is -2.50. The summed E-state index contributed by atoms with van der Waals surface area (Å²) >= 11 is 0. The molecule has 0 amide bonds. The number of nitrogens with one attached hydrogen (secondary N) is 1. The third-order valence-electron chi connectivity index (χ3n) is 2.90. The van der Waals surface area contributed by atoms with Gasteiger partial charge < -0.3 is 9.84 Å². The van der Waals surface area contributed by atoms with Crippen LogP contribution in [0.2, 0.25) is 0 Å². The van der Waals surface area contributed by atoms with Gasteiger partial charge in [-0.3, -0.25) is 19.4 Å². The van der Waals surface area contributed by atoms with Crippen LogP contribution in [0.3, 0.4) is 0 Å². The molecule has 6 nitrogen and oxygen atoms in total. The fourth-order valence-electron chi connectivity index (χ4n) is 1.92. The molecule has 0 saturated carbocycles. The molecule has 0 spiro atoms. The zero-order chi connectivity index (χ0) is 14.0. The predicted octanol–water partition coefficient (Wildman–Crippen LogP) is 1.11. The molecular weight excluding hydrogens is 248 g/mol. The number of methoxy groups -OCH3 is 1. The van der Waals surface area contributed by atoms with E-state index < -0.39 is 5.97 Å². The second kappa shape index (κ2) is 5.01. The maximum Gasteiger partial charge on any atom is 0.308 e. The van der Waals surface area contributed by atoms with Gasteiger partial charge in [0.05, 0.1) is 24.8 Å². The summed E-state index contributed by atoms with van der Waals surface area (Å²) < 4.78 is 6.68. The van der Waals surface area contributed by atoms with Crippen molar-refractivity contribution >= 4 is 5.97 Å². The van der Waals surface area contributed by atoms with Gasteiger partial charge in [0.2, 0.25) is 0 Å². The summed E-state index contributed by atoms with van der Waals surface area (Å²) in [6.45, 7) is 1.70. The van der Waals surface area contributed by atoms with E-state index in [-0.39, 0.29) is 17.5 Å². The largest absolute Gasteiger partial charge is 0.497 e. The molecule has 2 rings (SSSR count). The van der Waals surface area contributed by atoms with Crippen molar-refractivity contribution in [2.45, 2.75) is 13.3 Å². The van der Waals surface area contributed by atoms with Gasteiger partial charge in [-0.05, 0) is 19.1 Å². The number of benzene rings is 1. The van der Waals surface area contributed by atoms with Crippen LogP contribution in [0.5, 0.6) is 5.75 Å². The van der Waals surface area contributed by atoms with Crippen molar-refractivity contribution < 1.29 is 14.6 Å². The zero-order valence-corrected chi connectivity index (χ0v) is 10.6. The molecular formula is C13H14N2O4. The Labute approximate surface area is 109 Å². The van der Waals surface area contributed by atoms with E-state index in [0.29, 0.717) is 17.1 Å². The minimum atomic E-state index is -1.03. The second-order valence-electron chi connectivity index (χ2n) is 4.11. The second-order valence-corrected chi connectivity index (χ2v) is 4.11. The highest BCUT2D eigenvalue weighted by Gasteiger charge is 2.15. The number of rotatable bonds is 4. The van der Waals surface area contributed by atoms with Gasteiger partial charge in [0, 0.05) is 11.8 Å². The van der Waals surface area contributed by atoms with Gasteiger partial charge in [-0.25, -0.2) is 0 Å².